The minimum Gasteiger partial charge on any atom is -0.318 e. The average molecular weight is 624 g/mol. The fourth-order valence-electron chi connectivity index (χ4n) is 5.95. The summed E-state index contributed by atoms with van der Waals surface area (Å²) in [6.45, 7) is 8.42. The van der Waals surface area contributed by atoms with Crippen LogP contribution in [0.1, 0.15) is 66.1 Å². The summed E-state index contributed by atoms with van der Waals surface area (Å²) in [6, 6.07) is 3.79. The van der Waals surface area contributed by atoms with Crippen LogP contribution in [0, 0.1) is 30.5 Å². The lowest BCUT2D eigenvalue weighted by Gasteiger charge is -2.21. The smallest absolute Gasteiger partial charge is 0.276 e. The topological polar surface area (TPSA) is 106 Å². The third kappa shape index (κ3) is 5.10. The summed E-state index contributed by atoms with van der Waals surface area (Å²) in [7, 11) is 0. The summed E-state index contributed by atoms with van der Waals surface area (Å²) in [5, 5.41) is 6.76. The fourth-order valence-corrected chi connectivity index (χ4v) is 6.10. The zero-order valence-electron chi connectivity index (χ0n) is 24.4. The Kier molecular flexibility index (Phi) is 7.64. The van der Waals surface area contributed by atoms with Crippen molar-refractivity contribution >= 4 is 34.9 Å². The predicted molar refractivity (Wildman–Crippen MR) is 158 cm³/mol. The van der Waals surface area contributed by atoms with Gasteiger partial charge in [0, 0.05) is 36.0 Å². The number of nitrogens with one attached hydrogen (secondary N) is 1. The number of alkyl halides is 2. The Morgan fingerprint density at radius 3 is 2.64 bits per heavy atom. The number of carbonyl (C=O) groups is 2. The monoisotopic (exact) mass is 623 g/mol. The third-order valence-corrected chi connectivity index (χ3v) is 8.88. The van der Waals surface area contributed by atoms with Crippen molar-refractivity contribution in [3.8, 4) is 11.3 Å². The number of rotatable bonds is 8. The van der Waals surface area contributed by atoms with E-state index >= 15 is 0 Å². The summed E-state index contributed by atoms with van der Waals surface area (Å²) in [5.74, 6) is 0.0564. The molecule has 4 aromatic rings. The van der Waals surface area contributed by atoms with E-state index in [0.29, 0.717) is 42.0 Å². The van der Waals surface area contributed by atoms with Gasteiger partial charge < -0.3 is 5.32 Å². The molecule has 2 amide bonds. The molecule has 1 aliphatic heterocycles. The van der Waals surface area contributed by atoms with Crippen LogP contribution in [0.15, 0.2) is 43.0 Å². The molecular weight excluding hydrogens is 595 g/mol. The molecule has 3 aromatic heterocycles. The van der Waals surface area contributed by atoms with Crippen molar-refractivity contribution in [3.05, 3.63) is 81.9 Å². The first-order chi connectivity index (χ1) is 21.0. The van der Waals surface area contributed by atoms with Gasteiger partial charge in [0.1, 0.15) is 5.82 Å². The number of pyridine rings is 1. The second-order valence-corrected chi connectivity index (χ2v) is 11.7. The number of anilines is 2. The number of carbonyl (C=O) groups excluding carboxylic acids is 2. The van der Waals surface area contributed by atoms with Crippen LogP contribution in [-0.2, 0) is 11.2 Å². The van der Waals surface area contributed by atoms with Crippen LogP contribution < -0.4 is 10.2 Å². The normalized spacial score (nSPS) is 19.8. The molecule has 13 heteroatoms. The van der Waals surface area contributed by atoms with Gasteiger partial charge in [0.25, 0.3) is 12.3 Å². The molecule has 1 aromatic carbocycles. The van der Waals surface area contributed by atoms with E-state index in [0.717, 1.165) is 29.5 Å². The minimum absolute atomic E-state index is 0.113. The van der Waals surface area contributed by atoms with E-state index in [1.165, 1.54) is 6.20 Å². The zero-order chi connectivity index (χ0) is 31.4. The highest BCUT2D eigenvalue weighted by atomic mass is 35.5. The molecule has 0 radical (unpaired) electrons. The minimum atomic E-state index is -3.00. The number of halogens is 4. The quantitative estimate of drug-likeness (QED) is 0.243. The Balaban J connectivity index is 1.21. The van der Waals surface area contributed by atoms with E-state index in [1.54, 1.807) is 28.9 Å². The van der Waals surface area contributed by atoms with Crippen molar-refractivity contribution in [2.24, 2.45) is 17.8 Å². The third-order valence-electron chi connectivity index (χ3n) is 8.59. The highest BCUT2D eigenvalue weighted by Crippen LogP contribution is 2.53. The molecule has 1 saturated carbocycles. The summed E-state index contributed by atoms with van der Waals surface area (Å²) in [5.41, 5.74) is 0.923. The molecule has 0 bridgehead atoms. The summed E-state index contributed by atoms with van der Waals surface area (Å²) in [4.78, 5) is 40.9. The number of aromatic nitrogens is 5. The van der Waals surface area contributed by atoms with Crippen LogP contribution >= 0.6 is 11.6 Å². The number of amides is 2. The molecule has 0 spiro atoms. The van der Waals surface area contributed by atoms with Gasteiger partial charge in [0.2, 0.25) is 5.91 Å². The second kappa shape index (κ2) is 11.3. The highest BCUT2D eigenvalue weighted by Gasteiger charge is 2.59. The predicted octanol–water partition coefficient (Wildman–Crippen LogP) is 6.43. The van der Waals surface area contributed by atoms with Gasteiger partial charge in [-0.2, -0.15) is 5.10 Å². The van der Waals surface area contributed by atoms with Gasteiger partial charge in [0.05, 0.1) is 40.5 Å². The van der Waals surface area contributed by atoms with Crippen molar-refractivity contribution in [2.75, 3.05) is 16.8 Å². The molecule has 6 rings (SSSR count). The van der Waals surface area contributed by atoms with Crippen LogP contribution in [0.2, 0.25) is 5.02 Å². The Labute approximate surface area is 256 Å². The van der Waals surface area contributed by atoms with Crippen LogP contribution in [0.5, 0.6) is 0 Å². The largest absolute Gasteiger partial charge is 0.318 e. The average Bonchev–Trinajstić information content (AvgIpc) is 3.28. The summed E-state index contributed by atoms with van der Waals surface area (Å²) < 4.78 is 43.9. The van der Waals surface area contributed by atoms with Gasteiger partial charge in [-0.1, -0.05) is 31.5 Å². The number of piperidine rings is 1. The molecule has 1 N–H and O–H groups in total. The SMILES string of the molecule is CCc1ncc(-c2c(C(F)F)ccc(Cl)c2F)nc1C(=O)Nc1cnn(C(C)c2cnc(N3CC4C(C)C4C3=O)c(C)c2)c1. The van der Waals surface area contributed by atoms with Gasteiger partial charge in [-0.25, -0.2) is 23.1 Å². The van der Waals surface area contributed by atoms with Crippen molar-refractivity contribution in [3.63, 3.8) is 0 Å². The molecule has 4 heterocycles. The number of nitrogens with zero attached hydrogens (tertiary/aromatic N) is 6. The Hall–Kier alpha value is -4.32. The zero-order valence-corrected chi connectivity index (χ0v) is 25.1. The molecule has 1 aliphatic carbocycles. The van der Waals surface area contributed by atoms with Crippen molar-refractivity contribution < 1.29 is 22.8 Å². The molecule has 2 fully saturated rings. The Morgan fingerprint density at radius 2 is 1.98 bits per heavy atom. The standard InChI is InChI=1S/C31H29ClF3N7O2/c1-5-22-27(40-23(11-36-22)25-19(28(34)35)6-7-21(32)26(25)33)30(43)39-18-10-38-42(12-18)16(4)17-8-14(2)29(37-9-17)41-13-20-15(3)24(20)31(41)44/h6-12,15-16,20,24,28H,5,13H2,1-4H3,(H,39,43). The van der Waals surface area contributed by atoms with E-state index in [9.17, 15) is 22.8 Å². The maximum atomic E-state index is 14.9. The first kappa shape index (κ1) is 29.7. The summed E-state index contributed by atoms with van der Waals surface area (Å²) in [6.07, 6.45) is 3.30. The number of hydrogen-bond acceptors (Lipinski definition) is 6. The lowest BCUT2D eigenvalue weighted by atomic mass is 10.0. The van der Waals surface area contributed by atoms with E-state index in [1.807, 2.05) is 19.9 Å². The maximum absolute atomic E-state index is 14.9. The number of benzene rings is 1. The molecule has 1 saturated heterocycles. The maximum Gasteiger partial charge on any atom is 0.276 e. The van der Waals surface area contributed by atoms with E-state index in [4.69, 9.17) is 11.6 Å². The number of fused-ring (bicyclic) bond motifs is 1. The van der Waals surface area contributed by atoms with Crippen molar-refractivity contribution in [1.29, 1.82) is 0 Å². The first-order valence-corrected chi connectivity index (χ1v) is 14.6. The molecule has 4 atom stereocenters. The van der Waals surface area contributed by atoms with Crippen LogP contribution in [0.4, 0.5) is 24.7 Å². The van der Waals surface area contributed by atoms with Crippen LogP contribution in [-0.4, -0.2) is 43.1 Å². The molecule has 44 heavy (non-hydrogen) atoms. The Morgan fingerprint density at radius 1 is 1.20 bits per heavy atom. The lowest BCUT2D eigenvalue weighted by molar-refractivity contribution is -0.119. The highest BCUT2D eigenvalue weighted by molar-refractivity contribution is 6.31. The number of aryl methyl sites for hydroxylation is 2. The van der Waals surface area contributed by atoms with E-state index < -0.39 is 29.3 Å². The summed E-state index contributed by atoms with van der Waals surface area (Å²) >= 11 is 5.87. The second-order valence-electron chi connectivity index (χ2n) is 11.3. The van der Waals surface area contributed by atoms with Gasteiger partial charge in [-0.3, -0.25) is 24.2 Å². The number of hydrogen-bond donors (Lipinski definition) is 1. The van der Waals surface area contributed by atoms with Gasteiger partial charge in [-0.15, -0.1) is 0 Å². The van der Waals surface area contributed by atoms with Crippen LogP contribution in [0.3, 0.4) is 0 Å². The van der Waals surface area contributed by atoms with Crippen molar-refractivity contribution in [2.45, 2.75) is 46.6 Å². The molecule has 2 aliphatic rings. The van der Waals surface area contributed by atoms with Crippen LogP contribution in [0.25, 0.3) is 11.3 Å². The van der Waals surface area contributed by atoms with Gasteiger partial charge >= 0.3 is 0 Å². The molecule has 4 unspecified atom stereocenters. The molecular formula is C31H29ClF3N7O2. The Bertz CT molecular complexity index is 1800. The van der Waals surface area contributed by atoms with E-state index in [-0.39, 0.29) is 34.3 Å². The molecule has 9 nitrogen and oxygen atoms in total. The molecule has 228 valence electrons. The van der Waals surface area contributed by atoms with E-state index in [2.05, 4.69) is 32.3 Å². The van der Waals surface area contributed by atoms with Crippen molar-refractivity contribution in [1.82, 2.24) is 24.7 Å². The van der Waals surface area contributed by atoms with Gasteiger partial charge in [-0.05, 0) is 55.4 Å². The lowest BCUT2D eigenvalue weighted by Crippen LogP contribution is -2.31. The first-order valence-electron chi connectivity index (χ1n) is 14.3. The van der Waals surface area contributed by atoms with Gasteiger partial charge in [0.15, 0.2) is 11.5 Å². The fraction of sp³-hybridized carbons (Fsp3) is 0.355.